The van der Waals surface area contributed by atoms with Crippen LogP contribution < -0.4 is 0 Å². The third kappa shape index (κ3) is 2.81. The summed E-state index contributed by atoms with van der Waals surface area (Å²) in [6.45, 7) is 0. The summed E-state index contributed by atoms with van der Waals surface area (Å²) in [5.41, 5.74) is 0.928. The predicted molar refractivity (Wildman–Crippen MR) is 76.6 cm³/mol. The summed E-state index contributed by atoms with van der Waals surface area (Å²) >= 11 is 3.49. The third-order valence-electron chi connectivity index (χ3n) is 3.58. The van der Waals surface area contributed by atoms with Crippen molar-refractivity contribution in [3.05, 3.63) is 34.6 Å². The van der Waals surface area contributed by atoms with Gasteiger partial charge in [-0.3, -0.25) is 0 Å². The van der Waals surface area contributed by atoms with Gasteiger partial charge in [-0.1, -0.05) is 47.3 Å². The molecule has 0 N–H and O–H groups in total. The zero-order valence-electron chi connectivity index (χ0n) is 10.6. The molecule has 5 heteroatoms. The van der Waals surface area contributed by atoms with Crippen LogP contribution in [-0.2, 0) is 0 Å². The van der Waals surface area contributed by atoms with Crippen molar-refractivity contribution < 1.29 is 0 Å². The minimum absolute atomic E-state index is 0.446. The molecule has 1 heterocycles. The highest BCUT2D eigenvalue weighted by Crippen LogP contribution is 2.30. The molecule has 1 aliphatic rings. The van der Waals surface area contributed by atoms with E-state index in [2.05, 4.69) is 36.3 Å². The van der Waals surface area contributed by atoms with E-state index >= 15 is 0 Å². The predicted octanol–water partition coefficient (Wildman–Crippen LogP) is 3.74. The fourth-order valence-corrected chi connectivity index (χ4v) is 2.97. The second-order valence-corrected chi connectivity index (χ2v) is 5.75. The first kappa shape index (κ1) is 12.7. The van der Waals surface area contributed by atoms with Gasteiger partial charge in [0, 0.05) is 16.0 Å². The largest absolute Gasteiger partial charge is 0.204 e. The Morgan fingerprint density at radius 2 is 1.58 bits per heavy atom. The SMILES string of the molecule is Brc1ccccc1-c1nnc(C2CCCCC2)nn1. The molecule has 0 unspecified atom stereocenters. The Morgan fingerprint density at radius 1 is 0.895 bits per heavy atom. The van der Waals surface area contributed by atoms with Gasteiger partial charge in [-0.05, 0) is 25.0 Å². The van der Waals surface area contributed by atoms with E-state index in [0.29, 0.717) is 11.7 Å². The van der Waals surface area contributed by atoms with Crippen LogP contribution in [-0.4, -0.2) is 20.4 Å². The second-order valence-electron chi connectivity index (χ2n) is 4.90. The van der Waals surface area contributed by atoms with Gasteiger partial charge < -0.3 is 0 Å². The molecule has 98 valence electrons. The number of halogens is 1. The van der Waals surface area contributed by atoms with Crippen molar-refractivity contribution in [1.82, 2.24) is 20.4 Å². The third-order valence-corrected chi connectivity index (χ3v) is 4.27. The van der Waals surface area contributed by atoms with E-state index < -0.39 is 0 Å². The summed E-state index contributed by atoms with van der Waals surface area (Å²) in [4.78, 5) is 0. The normalized spacial score (nSPS) is 16.5. The van der Waals surface area contributed by atoms with Gasteiger partial charge >= 0.3 is 0 Å². The maximum absolute atomic E-state index is 4.28. The molecular weight excluding hydrogens is 304 g/mol. The van der Waals surface area contributed by atoms with Gasteiger partial charge in [0.25, 0.3) is 0 Å². The lowest BCUT2D eigenvalue weighted by atomic mass is 9.89. The number of hydrogen-bond acceptors (Lipinski definition) is 4. The molecule has 0 saturated heterocycles. The molecule has 0 bridgehead atoms. The van der Waals surface area contributed by atoms with Crippen LogP contribution in [0.1, 0.15) is 43.8 Å². The van der Waals surface area contributed by atoms with E-state index in [-0.39, 0.29) is 0 Å². The molecule has 1 aliphatic carbocycles. The summed E-state index contributed by atoms with van der Waals surface area (Å²) in [6, 6.07) is 7.85. The first-order chi connectivity index (χ1) is 9.34. The van der Waals surface area contributed by atoms with Crippen LogP contribution in [0.2, 0.25) is 0 Å². The van der Waals surface area contributed by atoms with Crippen LogP contribution in [0.4, 0.5) is 0 Å². The number of benzene rings is 1. The zero-order valence-corrected chi connectivity index (χ0v) is 12.2. The van der Waals surface area contributed by atoms with Gasteiger partial charge in [-0.2, -0.15) is 0 Å². The molecule has 2 aromatic rings. The molecule has 1 aromatic heterocycles. The first-order valence-electron chi connectivity index (χ1n) is 6.67. The minimum atomic E-state index is 0.446. The Bertz CT molecular complexity index is 550. The summed E-state index contributed by atoms with van der Waals surface area (Å²) in [6.07, 6.45) is 6.18. The topological polar surface area (TPSA) is 51.6 Å². The second kappa shape index (κ2) is 5.74. The Balaban J connectivity index is 1.84. The Hall–Kier alpha value is -1.36. The lowest BCUT2D eigenvalue weighted by molar-refractivity contribution is 0.421. The monoisotopic (exact) mass is 318 g/mol. The smallest absolute Gasteiger partial charge is 0.131 e. The van der Waals surface area contributed by atoms with E-state index in [9.17, 15) is 0 Å². The number of hydrogen-bond donors (Lipinski definition) is 0. The molecular formula is C14H15BrN4. The summed E-state index contributed by atoms with van der Waals surface area (Å²) in [5, 5.41) is 17.0. The maximum Gasteiger partial charge on any atom is 0.204 e. The highest BCUT2D eigenvalue weighted by atomic mass is 79.9. The molecule has 3 rings (SSSR count). The zero-order chi connectivity index (χ0) is 13.1. The average molecular weight is 319 g/mol. The van der Waals surface area contributed by atoms with E-state index in [1.165, 1.54) is 19.3 Å². The standard InChI is InChI=1S/C14H15BrN4/c15-12-9-5-4-8-11(12)14-18-16-13(17-19-14)10-6-2-1-3-7-10/h4-5,8-10H,1-3,6-7H2. The van der Waals surface area contributed by atoms with Gasteiger partial charge in [0.1, 0.15) is 0 Å². The first-order valence-corrected chi connectivity index (χ1v) is 7.46. The van der Waals surface area contributed by atoms with Gasteiger partial charge in [0.15, 0.2) is 5.82 Å². The molecule has 1 fully saturated rings. The van der Waals surface area contributed by atoms with E-state index in [1.807, 2.05) is 24.3 Å². The number of aromatic nitrogens is 4. The van der Waals surface area contributed by atoms with E-state index in [1.54, 1.807) is 0 Å². The summed E-state index contributed by atoms with van der Waals surface area (Å²) in [7, 11) is 0. The maximum atomic E-state index is 4.28. The fraction of sp³-hybridized carbons (Fsp3) is 0.429. The van der Waals surface area contributed by atoms with Crippen molar-refractivity contribution in [2.45, 2.75) is 38.0 Å². The van der Waals surface area contributed by atoms with Crippen molar-refractivity contribution in [1.29, 1.82) is 0 Å². The van der Waals surface area contributed by atoms with Crippen LogP contribution in [0.25, 0.3) is 11.4 Å². The quantitative estimate of drug-likeness (QED) is 0.846. The molecule has 0 radical (unpaired) electrons. The number of rotatable bonds is 2. The highest BCUT2D eigenvalue weighted by Gasteiger charge is 2.19. The van der Waals surface area contributed by atoms with Crippen molar-refractivity contribution in [2.24, 2.45) is 0 Å². The molecule has 0 atom stereocenters. The van der Waals surface area contributed by atoms with Gasteiger partial charge in [-0.15, -0.1) is 20.4 Å². The molecule has 0 spiro atoms. The molecule has 0 amide bonds. The summed E-state index contributed by atoms with van der Waals surface area (Å²) < 4.78 is 0.962. The van der Waals surface area contributed by atoms with Crippen molar-refractivity contribution in [2.75, 3.05) is 0 Å². The lowest BCUT2D eigenvalue weighted by Crippen LogP contribution is -2.11. The van der Waals surface area contributed by atoms with E-state index in [4.69, 9.17) is 0 Å². The fourth-order valence-electron chi connectivity index (χ4n) is 2.51. The molecule has 1 saturated carbocycles. The van der Waals surface area contributed by atoms with E-state index in [0.717, 1.165) is 28.7 Å². The lowest BCUT2D eigenvalue weighted by Gasteiger charge is -2.18. The van der Waals surface area contributed by atoms with Crippen LogP contribution in [0.3, 0.4) is 0 Å². The molecule has 19 heavy (non-hydrogen) atoms. The van der Waals surface area contributed by atoms with Gasteiger partial charge in [0.05, 0.1) is 0 Å². The number of nitrogens with zero attached hydrogens (tertiary/aromatic N) is 4. The average Bonchev–Trinajstić information content (AvgIpc) is 2.49. The van der Waals surface area contributed by atoms with Gasteiger partial charge in [-0.25, -0.2) is 0 Å². The van der Waals surface area contributed by atoms with Crippen LogP contribution in [0, 0.1) is 0 Å². The van der Waals surface area contributed by atoms with Crippen LogP contribution in [0.5, 0.6) is 0 Å². The van der Waals surface area contributed by atoms with Gasteiger partial charge in [0.2, 0.25) is 5.82 Å². The minimum Gasteiger partial charge on any atom is -0.131 e. The molecule has 0 aliphatic heterocycles. The Labute approximate surface area is 120 Å². The van der Waals surface area contributed by atoms with Crippen molar-refractivity contribution in [3.8, 4) is 11.4 Å². The molecule has 1 aromatic carbocycles. The summed E-state index contributed by atoms with van der Waals surface area (Å²) in [5.74, 6) is 1.82. The van der Waals surface area contributed by atoms with Crippen molar-refractivity contribution >= 4 is 15.9 Å². The van der Waals surface area contributed by atoms with Crippen molar-refractivity contribution in [3.63, 3.8) is 0 Å². The molecule has 4 nitrogen and oxygen atoms in total. The van der Waals surface area contributed by atoms with Crippen LogP contribution >= 0.6 is 15.9 Å². The van der Waals surface area contributed by atoms with Crippen LogP contribution in [0.15, 0.2) is 28.7 Å². The Kier molecular flexibility index (Phi) is 3.82. The highest BCUT2D eigenvalue weighted by molar-refractivity contribution is 9.10. The Morgan fingerprint density at radius 3 is 2.26 bits per heavy atom.